The molecule has 0 saturated carbocycles. The van der Waals surface area contributed by atoms with Crippen molar-refractivity contribution in [1.82, 2.24) is 5.32 Å². The Hall–Kier alpha value is -1.06. The van der Waals surface area contributed by atoms with E-state index in [1.807, 2.05) is 0 Å². The first-order valence-corrected chi connectivity index (χ1v) is 4.71. The molecule has 0 fully saturated rings. The molecule has 0 aromatic heterocycles. The highest BCUT2D eigenvalue weighted by Crippen LogP contribution is 2.07. The summed E-state index contributed by atoms with van der Waals surface area (Å²) in [5, 5.41) is 2.59. The third-order valence-electron chi connectivity index (χ3n) is 1.75. The van der Waals surface area contributed by atoms with Gasteiger partial charge in [-0.25, -0.2) is 4.79 Å². The van der Waals surface area contributed by atoms with Gasteiger partial charge in [0.25, 0.3) is 0 Å². The Morgan fingerprint density at radius 2 is 1.86 bits per heavy atom. The Kier molecular flexibility index (Phi) is 4.60. The molecule has 14 heavy (non-hydrogen) atoms. The largest absolute Gasteiger partial charge is 0.444 e. The zero-order valence-corrected chi connectivity index (χ0v) is 9.46. The molecule has 0 saturated heterocycles. The molecule has 0 radical (unpaired) electrons. The molecule has 1 amide bonds. The van der Waals surface area contributed by atoms with E-state index in [-0.39, 0.29) is 12.0 Å². The predicted octanol–water partition coefficient (Wildman–Crippen LogP) is 1.73. The molecule has 0 aromatic rings. The van der Waals surface area contributed by atoms with Crippen molar-refractivity contribution in [3.8, 4) is 0 Å². The smallest absolute Gasteiger partial charge is 0.407 e. The highest BCUT2D eigenvalue weighted by Gasteiger charge is 2.19. The van der Waals surface area contributed by atoms with Gasteiger partial charge in [0.05, 0.1) is 0 Å². The zero-order valence-electron chi connectivity index (χ0n) is 9.46. The number of carbonyl (C=O) groups excluding carboxylic acids is 2. The standard InChI is InChI=1S/C10H19NO3/c1-7(6-12)8(2)11-9(13)14-10(3,4)5/h6-8H,1-5H3,(H,11,13). The number of aldehydes is 1. The third kappa shape index (κ3) is 5.56. The van der Waals surface area contributed by atoms with Gasteiger partial charge in [-0.3, -0.25) is 0 Å². The van der Waals surface area contributed by atoms with E-state index in [1.54, 1.807) is 34.6 Å². The van der Waals surface area contributed by atoms with Crippen LogP contribution in [0, 0.1) is 5.92 Å². The van der Waals surface area contributed by atoms with Gasteiger partial charge in [0.15, 0.2) is 0 Å². The van der Waals surface area contributed by atoms with E-state index in [4.69, 9.17) is 4.74 Å². The first kappa shape index (κ1) is 12.9. The average molecular weight is 201 g/mol. The van der Waals surface area contributed by atoms with Gasteiger partial charge in [-0.2, -0.15) is 0 Å². The summed E-state index contributed by atoms with van der Waals surface area (Å²) >= 11 is 0. The maximum Gasteiger partial charge on any atom is 0.407 e. The van der Waals surface area contributed by atoms with Gasteiger partial charge in [-0.05, 0) is 27.7 Å². The molecule has 2 atom stereocenters. The lowest BCUT2D eigenvalue weighted by Gasteiger charge is -2.22. The molecule has 0 rings (SSSR count). The van der Waals surface area contributed by atoms with Crippen molar-refractivity contribution in [2.24, 2.45) is 5.92 Å². The first-order chi connectivity index (χ1) is 6.26. The van der Waals surface area contributed by atoms with Gasteiger partial charge >= 0.3 is 6.09 Å². The molecule has 0 spiro atoms. The van der Waals surface area contributed by atoms with E-state index in [0.717, 1.165) is 6.29 Å². The van der Waals surface area contributed by atoms with Crippen LogP contribution >= 0.6 is 0 Å². The number of carbonyl (C=O) groups is 2. The average Bonchev–Trinajstić information content (AvgIpc) is 1.99. The normalized spacial score (nSPS) is 15.5. The number of alkyl carbamates (subject to hydrolysis) is 1. The highest BCUT2D eigenvalue weighted by molar-refractivity contribution is 5.69. The van der Waals surface area contributed by atoms with Crippen molar-refractivity contribution >= 4 is 12.4 Å². The Morgan fingerprint density at radius 3 is 2.21 bits per heavy atom. The monoisotopic (exact) mass is 201 g/mol. The molecule has 0 aliphatic carbocycles. The molecule has 0 aromatic carbocycles. The fraction of sp³-hybridized carbons (Fsp3) is 0.800. The molecule has 0 bridgehead atoms. The summed E-state index contributed by atoms with van der Waals surface area (Å²) < 4.78 is 5.04. The molecular formula is C10H19NO3. The summed E-state index contributed by atoms with van der Waals surface area (Å²) in [5.74, 6) is -0.206. The Balaban J connectivity index is 4.01. The molecule has 0 heterocycles. The number of rotatable bonds is 3. The van der Waals surface area contributed by atoms with Crippen LogP contribution < -0.4 is 5.32 Å². The van der Waals surface area contributed by atoms with E-state index >= 15 is 0 Å². The Labute approximate surface area is 85.0 Å². The molecule has 1 N–H and O–H groups in total. The number of hydrogen-bond donors (Lipinski definition) is 1. The van der Waals surface area contributed by atoms with E-state index < -0.39 is 11.7 Å². The van der Waals surface area contributed by atoms with Gasteiger partial charge in [-0.15, -0.1) is 0 Å². The molecular weight excluding hydrogens is 182 g/mol. The van der Waals surface area contributed by atoms with Crippen LogP contribution in [0.4, 0.5) is 4.79 Å². The third-order valence-corrected chi connectivity index (χ3v) is 1.75. The van der Waals surface area contributed by atoms with Gasteiger partial charge in [0, 0.05) is 12.0 Å². The highest BCUT2D eigenvalue weighted by atomic mass is 16.6. The van der Waals surface area contributed by atoms with Crippen LogP contribution in [-0.4, -0.2) is 24.0 Å². The summed E-state index contributed by atoms with van der Waals surface area (Å²) in [6.07, 6.45) is 0.320. The van der Waals surface area contributed by atoms with Crippen LogP contribution in [0.2, 0.25) is 0 Å². The van der Waals surface area contributed by atoms with Crippen LogP contribution in [0.15, 0.2) is 0 Å². The van der Waals surface area contributed by atoms with Gasteiger partial charge < -0.3 is 14.8 Å². The minimum Gasteiger partial charge on any atom is -0.444 e. The molecule has 4 heteroatoms. The lowest BCUT2D eigenvalue weighted by Crippen LogP contribution is -2.41. The van der Waals surface area contributed by atoms with Crippen molar-refractivity contribution in [1.29, 1.82) is 0 Å². The molecule has 0 aliphatic heterocycles. The van der Waals surface area contributed by atoms with Crippen molar-refractivity contribution in [2.45, 2.75) is 46.3 Å². The number of hydrogen-bond acceptors (Lipinski definition) is 3. The number of nitrogens with one attached hydrogen (secondary N) is 1. The summed E-state index contributed by atoms with van der Waals surface area (Å²) in [6.45, 7) is 8.89. The second kappa shape index (κ2) is 4.98. The fourth-order valence-electron chi connectivity index (χ4n) is 0.743. The summed E-state index contributed by atoms with van der Waals surface area (Å²) in [6, 6.07) is -0.206. The zero-order chi connectivity index (χ0) is 11.4. The van der Waals surface area contributed by atoms with Crippen LogP contribution in [0.1, 0.15) is 34.6 Å². The quantitative estimate of drug-likeness (QED) is 0.707. The SMILES string of the molecule is CC(C=O)C(C)NC(=O)OC(C)(C)C. The second-order valence-corrected chi connectivity index (χ2v) is 4.43. The first-order valence-electron chi connectivity index (χ1n) is 4.71. The lowest BCUT2D eigenvalue weighted by molar-refractivity contribution is -0.111. The van der Waals surface area contributed by atoms with Crippen molar-refractivity contribution in [3.05, 3.63) is 0 Å². The lowest BCUT2D eigenvalue weighted by atomic mass is 10.1. The maximum atomic E-state index is 11.2. The molecule has 82 valence electrons. The number of amides is 1. The van der Waals surface area contributed by atoms with E-state index in [9.17, 15) is 9.59 Å². The second-order valence-electron chi connectivity index (χ2n) is 4.43. The molecule has 4 nitrogen and oxygen atoms in total. The van der Waals surface area contributed by atoms with E-state index in [2.05, 4.69) is 5.32 Å². The topological polar surface area (TPSA) is 55.4 Å². The van der Waals surface area contributed by atoms with Crippen molar-refractivity contribution in [2.75, 3.05) is 0 Å². The van der Waals surface area contributed by atoms with Crippen LogP contribution in [0.3, 0.4) is 0 Å². The van der Waals surface area contributed by atoms with Gasteiger partial charge in [0.2, 0.25) is 0 Å². The fourth-order valence-corrected chi connectivity index (χ4v) is 0.743. The van der Waals surface area contributed by atoms with Crippen molar-refractivity contribution < 1.29 is 14.3 Å². The van der Waals surface area contributed by atoms with E-state index in [0.29, 0.717) is 0 Å². The van der Waals surface area contributed by atoms with Crippen LogP contribution in [-0.2, 0) is 9.53 Å². The molecule has 0 aliphatic rings. The number of ether oxygens (including phenoxy) is 1. The Morgan fingerprint density at radius 1 is 1.36 bits per heavy atom. The van der Waals surface area contributed by atoms with Crippen LogP contribution in [0.25, 0.3) is 0 Å². The Bertz CT molecular complexity index is 208. The molecule has 2 unspecified atom stereocenters. The summed E-state index contributed by atoms with van der Waals surface area (Å²) in [4.78, 5) is 21.7. The minimum atomic E-state index is -0.506. The van der Waals surface area contributed by atoms with E-state index in [1.165, 1.54) is 0 Å². The van der Waals surface area contributed by atoms with Gasteiger partial charge in [0.1, 0.15) is 11.9 Å². The minimum absolute atomic E-state index is 0.206. The maximum absolute atomic E-state index is 11.2. The van der Waals surface area contributed by atoms with Crippen molar-refractivity contribution in [3.63, 3.8) is 0 Å². The van der Waals surface area contributed by atoms with Gasteiger partial charge in [-0.1, -0.05) is 6.92 Å². The summed E-state index contributed by atoms with van der Waals surface area (Å²) in [7, 11) is 0. The van der Waals surface area contributed by atoms with Crippen LogP contribution in [0.5, 0.6) is 0 Å². The summed E-state index contributed by atoms with van der Waals surface area (Å²) in [5.41, 5.74) is -0.506. The predicted molar refractivity (Wildman–Crippen MR) is 54.1 cm³/mol.